The number of methoxy groups -OCH3 is 3. The van der Waals surface area contributed by atoms with Crippen LogP contribution in [0.2, 0.25) is 0 Å². The Hall–Kier alpha value is -7.84. The van der Waals surface area contributed by atoms with Crippen molar-refractivity contribution in [2.75, 3.05) is 26.6 Å². The van der Waals surface area contributed by atoms with Crippen LogP contribution in [0.3, 0.4) is 0 Å². The van der Waals surface area contributed by atoms with Gasteiger partial charge in [0.25, 0.3) is 15.6 Å². The van der Waals surface area contributed by atoms with E-state index in [0.717, 1.165) is 28.5 Å². The van der Waals surface area contributed by atoms with Gasteiger partial charge in [-0.1, -0.05) is 19.1 Å². The molecule has 0 spiro atoms. The second kappa shape index (κ2) is 20.1. The Morgan fingerprint density at radius 2 is 1.58 bits per heavy atom. The number of rotatable bonds is 14. The van der Waals surface area contributed by atoms with Crippen molar-refractivity contribution < 1.29 is 54.9 Å². The highest BCUT2D eigenvalue weighted by molar-refractivity contribution is 7.90. The number of halogens is 3. The number of ether oxygens (including phenoxy) is 5. The van der Waals surface area contributed by atoms with Gasteiger partial charge in [-0.05, 0) is 54.5 Å². The Kier molecular flexibility index (Phi) is 14.9. The molecule has 65 heavy (non-hydrogen) atoms. The molecule has 0 aliphatic rings. The number of aryl methyl sites for hydroxylation is 3. The molecule has 1 unspecified atom stereocenters. The van der Waals surface area contributed by atoms with Crippen molar-refractivity contribution in [2.24, 2.45) is 21.1 Å². The quantitative estimate of drug-likeness (QED) is 0.149. The van der Waals surface area contributed by atoms with Crippen LogP contribution in [0.5, 0.6) is 23.3 Å². The average molecular weight is 931 g/mol. The van der Waals surface area contributed by atoms with Crippen molar-refractivity contribution in [2.45, 2.75) is 44.2 Å². The molecule has 23 nitrogen and oxygen atoms in total. The molecule has 0 aliphatic heterocycles. The van der Waals surface area contributed by atoms with Crippen LogP contribution in [0.1, 0.15) is 30.7 Å². The molecular weight excluding hydrogens is 890 g/mol. The van der Waals surface area contributed by atoms with E-state index in [1.165, 1.54) is 72.0 Å². The number of tetrazole rings is 1. The van der Waals surface area contributed by atoms with Gasteiger partial charge < -0.3 is 23.7 Å². The lowest BCUT2D eigenvalue weighted by molar-refractivity contribution is -0.148. The van der Waals surface area contributed by atoms with Crippen LogP contribution < -0.4 is 40.2 Å². The lowest BCUT2D eigenvalue weighted by atomic mass is 10.1. The number of hydrogen-bond donors (Lipinski definition) is 2. The third-order valence-electron chi connectivity index (χ3n) is 8.91. The highest BCUT2D eigenvalue weighted by Crippen LogP contribution is 2.28. The molecule has 2 N–H and O–H groups in total. The summed E-state index contributed by atoms with van der Waals surface area (Å²) >= 11 is 0. The third kappa shape index (κ3) is 11.6. The van der Waals surface area contributed by atoms with E-state index < -0.39 is 51.2 Å². The van der Waals surface area contributed by atoms with Gasteiger partial charge in [0.15, 0.2) is 11.1 Å². The molecule has 346 valence electrons. The van der Waals surface area contributed by atoms with Crippen molar-refractivity contribution in [1.82, 2.24) is 53.8 Å². The Labute approximate surface area is 366 Å². The third-order valence-corrected chi connectivity index (χ3v) is 10.4. The molecule has 0 saturated carbocycles. The highest BCUT2D eigenvalue weighted by Gasteiger charge is 2.35. The summed E-state index contributed by atoms with van der Waals surface area (Å²) in [5.74, 6) is 0.335. The van der Waals surface area contributed by atoms with E-state index in [2.05, 4.69) is 35.8 Å². The number of amides is 2. The normalized spacial score (nSPS) is 11.7. The zero-order valence-corrected chi connectivity index (χ0v) is 36.6. The number of carbonyl (C=O) groups excluding carboxylic acids is 2. The molecule has 1 atom stereocenters. The van der Waals surface area contributed by atoms with Crippen molar-refractivity contribution >= 4 is 28.0 Å². The number of hydrogen-bond acceptors (Lipinski definition) is 17. The largest absolute Gasteiger partial charge is 0.489 e. The van der Waals surface area contributed by atoms with Crippen LogP contribution >= 0.6 is 0 Å². The van der Waals surface area contributed by atoms with Gasteiger partial charge in [-0.25, -0.2) is 23.7 Å². The van der Waals surface area contributed by atoms with Crippen LogP contribution in [0.4, 0.5) is 23.9 Å². The zero-order valence-electron chi connectivity index (χ0n) is 35.8. The molecule has 0 radical (unpaired) electrons. The molecule has 4 heterocycles. The molecule has 0 bridgehead atoms. The van der Waals surface area contributed by atoms with Crippen molar-refractivity contribution in [1.29, 1.82) is 0 Å². The fraction of sp³-hybridized carbons (Fsp3) is 0.316. The standard InChI is InChI=1S/C25H25F3N2O6.C13H16N10O5S/c1-5-16-6-7-17(20(12-16)36-15(2)23(32)34-4)14-35-19-10-8-18(9-11-19)30-22(31)13-21(25(26,27)28)29(3)24(30)33;1-22-11(7(6-14-22)10-18-21-23(2)19-10)29(25,26)20-13(24)17-12-15-8(27-3)5-9(16-12)28-4/h6-13,15H,5,14H2,1-4H3;5-6H,1-4H3,(H2,15,16,17,20,24). The summed E-state index contributed by atoms with van der Waals surface area (Å²) in [6.45, 7) is 3.63. The first kappa shape index (κ1) is 48.2. The molecule has 6 aromatic rings. The lowest BCUT2D eigenvalue weighted by Crippen LogP contribution is -2.40. The average Bonchev–Trinajstić information content (AvgIpc) is 3.89. The van der Waals surface area contributed by atoms with Gasteiger partial charge in [-0.2, -0.15) is 41.5 Å². The molecule has 2 amide bonds. The van der Waals surface area contributed by atoms with Gasteiger partial charge in [0, 0.05) is 25.7 Å². The smallest absolute Gasteiger partial charge is 0.431 e. The summed E-state index contributed by atoms with van der Waals surface area (Å²) in [6.07, 6.45) is -3.66. The number of urea groups is 1. The fourth-order valence-corrected chi connectivity index (χ4v) is 6.92. The molecule has 0 aliphatic carbocycles. The summed E-state index contributed by atoms with van der Waals surface area (Å²) in [7, 11) is 3.49. The van der Waals surface area contributed by atoms with E-state index >= 15 is 0 Å². The van der Waals surface area contributed by atoms with Crippen LogP contribution in [0.25, 0.3) is 17.1 Å². The summed E-state index contributed by atoms with van der Waals surface area (Å²) in [6, 6.07) is 11.9. The van der Waals surface area contributed by atoms with Crippen LogP contribution in [-0.2, 0) is 59.9 Å². The van der Waals surface area contributed by atoms with Crippen LogP contribution in [-0.4, -0.2) is 96.9 Å². The predicted octanol–water partition coefficient (Wildman–Crippen LogP) is 2.56. The second-order valence-electron chi connectivity index (χ2n) is 13.3. The maximum Gasteiger partial charge on any atom is 0.431 e. The number of nitrogens with one attached hydrogen (secondary N) is 2. The van der Waals surface area contributed by atoms with Crippen molar-refractivity contribution in [3.63, 3.8) is 0 Å². The number of nitrogens with zero attached hydrogens (tertiary/aromatic N) is 10. The van der Waals surface area contributed by atoms with E-state index in [9.17, 15) is 40.8 Å². The molecule has 27 heteroatoms. The number of benzene rings is 2. The Bertz CT molecular complexity index is 2890. The first-order valence-corrected chi connectivity index (χ1v) is 20.2. The van der Waals surface area contributed by atoms with E-state index in [-0.39, 0.29) is 46.4 Å². The topological polar surface area (TPSA) is 270 Å². The Morgan fingerprint density at radius 1 is 0.923 bits per heavy atom. The number of sulfonamides is 1. The van der Waals surface area contributed by atoms with Gasteiger partial charge in [-0.3, -0.25) is 19.4 Å². The Morgan fingerprint density at radius 3 is 2.15 bits per heavy atom. The van der Waals surface area contributed by atoms with Crippen LogP contribution in [0.15, 0.2) is 75.4 Å². The monoisotopic (exact) mass is 930 g/mol. The lowest BCUT2D eigenvalue weighted by Gasteiger charge is -2.17. The van der Waals surface area contributed by atoms with E-state index in [1.54, 1.807) is 6.92 Å². The van der Waals surface area contributed by atoms with Crippen LogP contribution in [0, 0.1) is 0 Å². The molecule has 6 rings (SSSR count). The van der Waals surface area contributed by atoms with Gasteiger partial charge in [0.2, 0.25) is 23.5 Å². The highest BCUT2D eigenvalue weighted by atomic mass is 32.2. The van der Waals surface area contributed by atoms with Crippen molar-refractivity contribution in [3.8, 4) is 40.3 Å². The van der Waals surface area contributed by atoms with Crippen molar-refractivity contribution in [3.05, 3.63) is 98.5 Å². The number of alkyl halides is 3. The first-order valence-electron chi connectivity index (χ1n) is 18.8. The molecule has 4 aromatic heterocycles. The summed E-state index contributed by atoms with van der Waals surface area (Å²) < 4.78 is 94.8. The second-order valence-corrected chi connectivity index (χ2v) is 14.9. The molecule has 0 fully saturated rings. The number of esters is 1. The number of carbonyl (C=O) groups is 2. The predicted molar refractivity (Wildman–Crippen MR) is 220 cm³/mol. The summed E-state index contributed by atoms with van der Waals surface area (Å²) in [5.41, 5.74) is -1.73. The minimum Gasteiger partial charge on any atom is -0.489 e. The van der Waals surface area contributed by atoms with E-state index in [4.69, 9.17) is 23.7 Å². The SMILES string of the molecule is CCc1ccc(COc2ccc(-n3c(=O)cc(C(F)(F)F)n(C)c3=O)cc2)c(OC(C)C(=O)OC)c1.COc1cc(OC)nc(NC(=O)NS(=O)(=O)c2c(-c3nnn(C)n3)cnn2C)n1. The maximum atomic E-state index is 13.1. The van der Waals surface area contributed by atoms with E-state index in [1.807, 2.05) is 29.8 Å². The van der Waals surface area contributed by atoms with Gasteiger partial charge >= 0.3 is 23.9 Å². The van der Waals surface area contributed by atoms with Gasteiger partial charge in [0.05, 0.1) is 51.9 Å². The molecule has 0 saturated heterocycles. The number of aromatic nitrogens is 10. The minimum absolute atomic E-state index is 0.0299. The zero-order chi connectivity index (χ0) is 47.8. The number of anilines is 1. The summed E-state index contributed by atoms with van der Waals surface area (Å²) in [5, 5.41) is 17.1. The Balaban J connectivity index is 0.000000250. The van der Waals surface area contributed by atoms with Gasteiger partial charge in [-0.15, -0.1) is 10.2 Å². The summed E-state index contributed by atoms with van der Waals surface area (Å²) in [4.78, 5) is 57.7. The van der Waals surface area contributed by atoms with E-state index in [0.29, 0.717) is 32.3 Å². The fourth-order valence-electron chi connectivity index (χ4n) is 5.70. The molecule has 2 aromatic carbocycles. The van der Waals surface area contributed by atoms with Gasteiger partial charge in [0.1, 0.15) is 23.8 Å². The molecular formula is C38H41F3N12O11S. The maximum absolute atomic E-state index is 13.1. The minimum atomic E-state index is -4.84. The first-order chi connectivity index (χ1) is 30.7.